The number of piperazine rings is 1. The summed E-state index contributed by atoms with van der Waals surface area (Å²) in [7, 11) is -2.21. The summed E-state index contributed by atoms with van der Waals surface area (Å²) in [6, 6.07) is -0.777. The summed E-state index contributed by atoms with van der Waals surface area (Å²) in [5, 5.41) is 5.42. The van der Waals surface area contributed by atoms with E-state index in [0.29, 0.717) is 6.54 Å². The first-order chi connectivity index (χ1) is 9.42. The third kappa shape index (κ3) is 4.43. The second-order valence-electron chi connectivity index (χ2n) is 4.32. The SMILES string of the molecule is CCOC(=O)CCS(=O)(=O)N1CCNCC1C(=O)NC. The van der Waals surface area contributed by atoms with Crippen LogP contribution in [0.4, 0.5) is 0 Å². The highest BCUT2D eigenvalue weighted by Crippen LogP contribution is 2.12. The fourth-order valence-corrected chi connectivity index (χ4v) is 3.56. The summed E-state index contributed by atoms with van der Waals surface area (Å²) >= 11 is 0. The molecular weight excluding hydrogens is 286 g/mol. The van der Waals surface area contributed by atoms with Crippen LogP contribution >= 0.6 is 0 Å². The number of nitrogens with one attached hydrogen (secondary N) is 2. The number of sulfonamides is 1. The summed E-state index contributed by atoms with van der Waals surface area (Å²) in [6.07, 6.45) is -0.208. The first kappa shape index (κ1) is 16.9. The van der Waals surface area contributed by atoms with E-state index in [1.54, 1.807) is 6.92 Å². The molecule has 1 unspecified atom stereocenters. The van der Waals surface area contributed by atoms with Crippen LogP contribution in [-0.4, -0.2) is 69.7 Å². The van der Waals surface area contributed by atoms with Crippen LogP contribution in [0.15, 0.2) is 0 Å². The lowest BCUT2D eigenvalue weighted by Crippen LogP contribution is -2.59. The van der Waals surface area contributed by atoms with E-state index in [4.69, 9.17) is 4.74 Å². The zero-order valence-electron chi connectivity index (χ0n) is 11.7. The molecule has 1 saturated heterocycles. The van der Waals surface area contributed by atoms with Gasteiger partial charge < -0.3 is 15.4 Å². The third-order valence-electron chi connectivity index (χ3n) is 2.97. The molecule has 0 aromatic rings. The highest BCUT2D eigenvalue weighted by molar-refractivity contribution is 7.89. The van der Waals surface area contributed by atoms with Crippen molar-refractivity contribution in [3.05, 3.63) is 0 Å². The van der Waals surface area contributed by atoms with E-state index in [2.05, 4.69) is 10.6 Å². The minimum atomic E-state index is -3.67. The number of hydrogen-bond donors (Lipinski definition) is 2. The number of carbonyl (C=O) groups excluding carboxylic acids is 2. The molecule has 0 aromatic carbocycles. The van der Waals surface area contributed by atoms with Crippen molar-refractivity contribution < 1.29 is 22.7 Å². The van der Waals surface area contributed by atoms with Gasteiger partial charge in [-0.15, -0.1) is 0 Å². The number of carbonyl (C=O) groups is 2. The lowest BCUT2D eigenvalue weighted by molar-refractivity contribution is -0.142. The van der Waals surface area contributed by atoms with Crippen molar-refractivity contribution in [1.82, 2.24) is 14.9 Å². The Morgan fingerprint density at radius 2 is 2.15 bits per heavy atom. The van der Waals surface area contributed by atoms with Gasteiger partial charge in [0, 0.05) is 26.7 Å². The van der Waals surface area contributed by atoms with Crippen LogP contribution in [-0.2, 0) is 24.3 Å². The van der Waals surface area contributed by atoms with Crippen LogP contribution in [0.1, 0.15) is 13.3 Å². The highest BCUT2D eigenvalue weighted by Gasteiger charge is 2.36. The Labute approximate surface area is 118 Å². The molecule has 0 aliphatic carbocycles. The summed E-state index contributed by atoms with van der Waals surface area (Å²) in [5.41, 5.74) is 0. The maximum atomic E-state index is 12.2. The third-order valence-corrected chi connectivity index (χ3v) is 4.84. The van der Waals surface area contributed by atoms with Crippen LogP contribution in [0.25, 0.3) is 0 Å². The normalized spacial score (nSPS) is 20.4. The molecule has 0 radical (unpaired) electrons. The van der Waals surface area contributed by atoms with Gasteiger partial charge in [0.1, 0.15) is 6.04 Å². The summed E-state index contributed by atoms with van der Waals surface area (Å²) in [5.74, 6) is -1.26. The zero-order valence-corrected chi connectivity index (χ0v) is 12.5. The van der Waals surface area contributed by atoms with Gasteiger partial charge in [-0.2, -0.15) is 4.31 Å². The quantitative estimate of drug-likeness (QED) is 0.566. The average molecular weight is 307 g/mol. The smallest absolute Gasteiger partial charge is 0.306 e. The number of rotatable bonds is 6. The van der Waals surface area contributed by atoms with Gasteiger partial charge in [-0.25, -0.2) is 8.42 Å². The van der Waals surface area contributed by atoms with Crippen molar-refractivity contribution in [2.24, 2.45) is 0 Å². The summed E-state index contributed by atoms with van der Waals surface area (Å²) in [4.78, 5) is 23.0. The van der Waals surface area contributed by atoms with Gasteiger partial charge in [0.15, 0.2) is 0 Å². The van der Waals surface area contributed by atoms with Gasteiger partial charge in [0.05, 0.1) is 18.8 Å². The topological polar surface area (TPSA) is 105 Å². The molecule has 2 N–H and O–H groups in total. The molecule has 8 nitrogen and oxygen atoms in total. The molecule has 1 aliphatic rings. The standard InChI is InChI=1S/C11H21N3O5S/c1-3-19-10(15)4-7-20(17,18)14-6-5-13-8-9(14)11(16)12-2/h9,13H,3-8H2,1-2H3,(H,12,16). The minimum absolute atomic E-state index is 0.208. The van der Waals surface area contributed by atoms with Crippen LogP contribution < -0.4 is 10.6 Å². The number of amides is 1. The monoisotopic (exact) mass is 307 g/mol. The van der Waals surface area contributed by atoms with Gasteiger partial charge in [-0.3, -0.25) is 9.59 Å². The lowest BCUT2D eigenvalue weighted by atomic mass is 10.2. The average Bonchev–Trinajstić information content (AvgIpc) is 2.45. The van der Waals surface area contributed by atoms with Crippen molar-refractivity contribution in [2.45, 2.75) is 19.4 Å². The van der Waals surface area contributed by atoms with Crippen molar-refractivity contribution >= 4 is 21.9 Å². The van der Waals surface area contributed by atoms with E-state index >= 15 is 0 Å². The van der Waals surface area contributed by atoms with Crippen molar-refractivity contribution in [3.63, 3.8) is 0 Å². The molecule has 9 heteroatoms. The van der Waals surface area contributed by atoms with E-state index < -0.39 is 22.0 Å². The predicted molar refractivity (Wildman–Crippen MR) is 72.5 cm³/mol. The van der Waals surface area contributed by atoms with Crippen molar-refractivity contribution in [2.75, 3.05) is 39.0 Å². The first-order valence-corrected chi connectivity index (χ1v) is 8.10. The van der Waals surface area contributed by atoms with Crippen LogP contribution in [0.2, 0.25) is 0 Å². The number of hydrogen-bond acceptors (Lipinski definition) is 6. The first-order valence-electron chi connectivity index (χ1n) is 6.49. The Kier molecular flexibility index (Phi) is 6.37. The Balaban J connectivity index is 2.72. The van der Waals surface area contributed by atoms with Crippen LogP contribution in [0.3, 0.4) is 0 Å². The highest BCUT2D eigenvalue weighted by atomic mass is 32.2. The van der Waals surface area contributed by atoms with Gasteiger partial charge in [0.25, 0.3) is 0 Å². The Hall–Kier alpha value is -1.19. The van der Waals surface area contributed by atoms with E-state index in [1.165, 1.54) is 7.05 Å². The van der Waals surface area contributed by atoms with Crippen molar-refractivity contribution in [3.8, 4) is 0 Å². The van der Waals surface area contributed by atoms with E-state index in [9.17, 15) is 18.0 Å². The zero-order chi connectivity index (χ0) is 15.2. The fraction of sp³-hybridized carbons (Fsp3) is 0.818. The Bertz CT molecular complexity index is 451. The summed E-state index contributed by atoms with van der Waals surface area (Å²) < 4.78 is 30.3. The molecular formula is C11H21N3O5S. The maximum Gasteiger partial charge on any atom is 0.306 e. The molecule has 1 amide bonds. The van der Waals surface area contributed by atoms with E-state index in [1.807, 2.05) is 0 Å². The molecule has 116 valence electrons. The molecule has 0 aromatic heterocycles. The maximum absolute atomic E-state index is 12.2. The Morgan fingerprint density at radius 1 is 1.45 bits per heavy atom. The lowest BCUT2D eigenvalue weighted by Gasteiger charge is -2.33. The van der Waals surface area contributed by atoms with Gasteiger partial charge in [-0.05, 0) is 6.92 Å². The fourth-order valence-electron chi connectivity index (χ4n) is 1.97. The van der Waals surface area contributed by atoms with Crippen molar-refractivity contribution in [1.29, 1.82) is 0 Å². The Morgan fingerprint density at radius 3 is 2.75 bits per heavy atom. The molecule has 1 rings (SSSR count). The molecule has 1 fully saturated rings. The molecule has 20 heavy (non-hydrogen) atoms. The van der Waals surface area contributed by atoms with Gasteiger partial charge in [-0.1, -0.05) is 0 Å². The minimum Gasteiger partial charge on any atom is -0.466 e. The predicted octanol–water partition coefficient (Wildman–Crippen LogP) is -1.71. The number of nitrogens with zero attached hydrogens (tertiary/aromatic N) is 1. The molecule has 0 spiro atoms. The van der Waals surface area contributed by atoms with E-state index in [-0.39, 0.29) is 37.8 Å². The summed E-state index contributed by atoms with van der Waals surface area (Å²) in [6.45, 7) is 2.82. The molecule has 0 bridgehead atoms. The molecule has 0 saturated carbocycles. The molecule has 1 heterocycles. The number of likely N-dealkylation sites (N-methyl/N-ethyl adjacent to an activating group) is 1. The van der Waals surface area contributed by atoms with Gasteiger partial charge in [0.2, 0.25) is 15.9 Å². The van der Waals surface area contributed by atoms with Crippen LogP contribution in [0.5, 0.6) is 0 Å². The molecule has 1 atom stereocenters. The largest absolute Gasteiger partial charge is 0.466 e. The van der Waals surface area contributed by atoms with Crippen LogP contribution in [0, 0.1) is 0 Å². The number of esters is 1. The number of ether oxygens (including phenoxy) is 1. The molecule has 1 aliphatic heterocycles. The van der Waals surface area contributed by atoms with Gasteiger partial charge >= 0.3 is 5.97 Å². The second kappa shape index (κ2) is 7.55. The van der Waals surface area contributed by atoms with E-state index in [0.717, 1.165) is 4.31 Å². The second-order valence-corrected chi connectivity index (χ2v) is 6.36.